The first kappa shape index (κ1) is 11.8. The van der Waals surface area contributed by atoms with Crippen molar-refractivity contribution in [1.29, 1.82) is 0 Å². The van der Waals surface area contributed by atoms with Gasteiger partial charge in [0.1, 0.15) is 0 Å². The average Bonchev–Trinajstić information content (AvgIpc) is 2.85. The highest BCUT2D eigenvalue weighted by Gasteiger charge is 2.04. The Balaban J connectivity index is 1.90. The van der Waals surface area contributed by atoms with Crippen LogP contribution in [0, 0.1) is 0 Å². The summed E-state index contributed by atoms with van der Waals surface area (Å²) in [4.78, 5) is 4.02. The molecule has 0 aliphatic carbocycles. The summed E-state index contributed by atoms with van der Waals surface area (Å²) in [5.74, 6) is 0. The number of aromatic nitrogens is 3. The molecule has 2 heterocycles. The van der Waals surface area contributed by atoms with E-state index in [-0.39, 0.29) is 0 Å². The van der Waals surface area contributed by atoms with Crippen LogP contribution in [0.25, 0.3) is 0 Å². The van der Waals surface area contributed by atoms with Crippen molar-refractivity contribution in [2.45, 2.75) is 33.0 Å². The fourth-order valence-electron chi connectivity index (χ4n) is 1.71. The van der Waals surface area contributed by atoms with E-state index in [0.29, 0.717) is 6.04 Å². The Bertz CT molecular complexity index is 449. The molecule has 17 heavy (non-hydrogen) atoms. The van der Waals surface area contributed by atoms with E-state index >= 15 is 0 Å². The largest absolute Gasteiger partial charge is 0.306 e. The fourth-order valence-corrected chi connectivity index (χ4v) is 1.71. The number of aryl methyl sites for hydroxylation is 1. The van der Waals surface area contributed by atoms with Gasteiger partial charge in [0, 0.05) is 43.3 Å². The molecule has 1 unspecified atom stereocenters. The molecule has 0 aromatic carbocycles. The predicted molar refractivity (Wildman–Crippen MR) is 67.4 cm³/mol. The van der Waals surface area contributed by atoms with Crippen LogP contribution in [0.3, 0.4) is 0 Å². The summed E-state index contributed by atoms with van der Waals surface area (Å²) in [5, 5.41) is 7.72. The van der Waals surface area contributed by atoms with Crippen LogP contribution in [-0.2, 0) is 13.1 Å². The lowest BCUT2D eigenvalue weighted by Gasteiger charge is -2.12. The smallest absolute Gasteiger partial charge is 0.0534 e. The molecule has 0 saturated carbocycles. The SMILES string of the molecule is CCn1cc(CNC(C)c2ccncc2)cn1. The molecule has 1 atom stereocenters. The normalized spacial score (nSPS) is 12.6. The average molecular weight is 230 g/mol. The van der Waals surface area contributed by atoms with Gasteiger partial charge in [0.2, 0.25) is 0 Å². The van der Waals surface area contributed by atoms with Gasteiger partial charge in [0.15, 0.2) is 0 Å². The Morgan fingerprint density at radius 3 is 2.76 bits per heavy atom. The second-order valence-electron chi connectivity index (χ2n) is 4.09. The van der Waals surface area contributed by atoms with E-state index in [1.165, 1.54) is 11.1 Å². The lowest BCUT2D eigenvalue weighted by Crippen LogP contribution is -2.17. The number of hydrogen-bond donors (Lipinski definition) is 1. The predicted octanol–water partition coefficient (Wildman–Crippen LogP) is 2.15. The molecule has 2 rings (SSSR count). The Morgan fingerprint density at radius 2 is 2.12 bits per heavy atom. The zero-order valence-corrected chi connectivity index (χ0v) is 10.3. The second-order valence-corrected chi connectivity index (χ2v) is 4.09. The molecule has 2 aromatic heterocycles. The van der Waals surface area contributed by atoms with E-state index < -0.39 is 0 Å². The minimum Gasteiger partial charge on any atom is -0.306 e. The maximum atomic E-state index is 4.25. The monoisotopic (exact) mass is 230 g/mol. The number of rotatable bonds is 5. The van der Waals surface area contributed by atoms with Crippen LogP contribution < -0.4 is 5.32 Å². The third-order valence-electron chi connectivity index (χ3n) is 2.83. The van der Waals surface area contributed by atoms with Crippen LogP contribution in [0.2, 0.25) is 0 Å². The first-order valence-corrected chi connectivity index (χ1v) is 5.94. The molecule has 90 valence electrons. The van der Waals surface area contributed by atoms with Crippen molar-refractivity contribution in [2.75, 3.05) is 0 Å². The van der Waals surface area contributed by atoms with Crippen LogP contribution in [0.5, 0.6) is 0 Å². The standard InChI is InChI=1S/C13H18N4/c1-3-17-10-12(9-16-17)8-15-11(2)13-4-6-14-7-5-13/h4-7,9-11,15H,3,8H2,1-2H3. The highest BCUT2D eigenvalue weighted by molar-refractivity contribution is 5.14. The van der Waals surface area contributed by atoms with Crippen molar-refractivity contribution in [2.24, 2.45) is 0 Å². The summed E-state index contributed by atoms with van der Waals surface area (Å²) >= 11 is 0. The molecule has 0 spiro atoms. The molecule has 0 radical (unpaired) electrons. The van der Waals surface area contributed by atoms with Crippen molar-refractivity contribution in [3.05, 3.63) is 48.0 Å². The lowest BCUT2D eigenvalue weighted by molar-refractivity contribution is 0.573. The summed E-state index contributed by atoms with van der Waals surface area (Å²) in [6.45, 7) is 5.99. The number of hydrogen-bond acceptors (Lipinski definition) is 3. The van der Waals surface area contributed by atoms with E-state index in [1.807, 2.05) is 35.4 Å². The number of pyridine rings is 1. The van der Waals surface area contributed by atoms with Crippen LogP contribution in [-0.4, -0.2) is 14.8 Å². The van der Waals surface area contributed by atoms with Crippen molar-refractivity contribution in [3.8, 4) is 0 Å². The fraction of sp³-hybridized carbons (Fsp3) is 0.385. The maximum absolute atomic E-state index is 4.25. The maximum Gasteiger partial charge on any atom is 0.0534 e. The van der Waals surface area contributed by atoms with Crippen molar-refractivity contribution < 1.29 is 0 Å². The molecule has 0 aliphatic rings. The molecule has 0 bridgehead atoms. The van der Waals surface area contributed by atoms with E-state index in [1.54, 1.807) is 0 Å². The van der Waals surface area contributed by atoms with Crippen molar-refractivity contribution in [3.63, 3.8) is 0 Å². The molecule has 0 amide bonds. The van der Waals surface area contributed by atoms with Gasteiger partial charge in [-0.2, -0.15) is 5.10 Å². The van der Waals surface area contributed by atoms with Crippen molar-refractivity contribution in [1.82, 2.24) is 20.1 Å². The van der Waals surface area contributed by atoms with Gasteiger partial charge >= 0.3 is 0 Å². The number of nitrogens with zero attached hydrogens (tertiary/aromatic N) is 3. The van der Waals surface area contributed by atoms with Gasteiger partial charge in [-0.25, -0.2) is 0 Å². The molecular weight excluding hydrogens is 212 g/mol. The zero-order valence-electron chi connectivity index (χ0n) is 10.3. The summed E-state index contributed by atoms with van der Waals surface area (Å²) < 4.78 is 1.94. The molecule has 0 aliphatic heterocycles. The van der Waals surface area contributed by atoms with Gasteiger partial charge < -0.3 is 5.32 Å². The van der Waals surface area contributed by atoms with E-state index in [0.717, 1.165) is 13.1 Å². The van der Waals surface area contributed by atoms with Crippen LogP contribution in [0.4, 0.5) is 0 Å². The van der Waals surface area contributed by atoms with Gasteiger partial charge in [-0.3, -0.25) is 9.67 Å². The lowest BCUT2D eigenvalue weighted by atomic mass is 10.1. The number of nitrogens with one attached hydrogen (secondary N) is 1. The highest BCUT2D eigenvalue weighted by atomic mass is 15.3. The van der Waals surface area contributed by atoms with Crippen molar-refractivity contribution >= 4 is 0 Å². The molecular formula is C13H18N4. The highest BCUT2D eigenvalue weighted by Crippen LogP contribution is 2.11. The van der Waals surface area contributed by atoms with Gasteiger partial charge in [0.25, 0.3) is 0 Å². The molecule has 2 aromatic rings. The molecule has 4 heteroatoms. The summed E-state index contributed by atoms with van der Waals surface area (Å²) in [6, 6.07) is 4.39. The third-order valence-corrected chi connectivity index (χ3v) is 2.83. The summed E-state index contributed by atoms with van der Waals surface area (Å²) in [5.41, 5.74) is 2.47. The quantitative estimate of drug-likeness (QED) is 0.855. The van der Waals surface area contributed by atoms with Crippen LogP contribution in [0.1, 0.15) is 31.0 Å². The van der Waals surface area contributed by atoms with E-state index in [9.17, 15) is 0 Å². The first-order valence-electron chi connectivity index (χ1n) is 5.94. The zero-order chi connectivity index (χ0) is 12.1. The van der Waals surface area contributed by atoms with Crippen LogP contribution >= 0.6 is 0 Å². The molecule has 4 nitrogen and oxygen atoms in total. The summed E-state index contributed by atoms with van der Waals surface area (Å²) in [7, 11) is 0. The van der Waals surface area contributed by atoms with E-state index in [2.05, 4.69) is 35.4 Å². The molecule has 0 fully saturated rings. The second kappa shape index (κ2) is 5.59. The Kier molecular flexibility index (Phi) is 3.88. The van der Waals surface area contributed by atoms with Gasteiger partial charge in [-0.05, 0) is 31.5 Å². The molecule has 0 saturated heterocycles. The minimum absolute atomic E-state index is 0.322. The van der Waals surface area contributed by atoms with Gasteiger partial charge in [-0.1, -0.05) is 0 Å². The third kappa shape index (κ3) is 3.14. The first-order chi connectivity index (χ1) is 8.29. The Labute approximate surface area is 102 Å². The topological polar surface area (TPSA) is 42.7 Å². The summed E-state index contributed by atoms with van der Waals surface area (Å²) in [6.07, 6.45) is 7.63. The van der Waals surface area contributed by atoms with E-state index in [4.69, 9.17) is 0 Å². The Morgan fingerprint density at radius 1 is 1.35 bits per heavy atom. The van der Waals surface area contributed by atoms with Gasteiger partial charge in [0.05, 0.1) is 6.20 Å². The Hall–Kier alpha value is -1.68. The minimum atomic E-state index is 0.322. The molecule has 1 N–H and O–H groups in total. The van der Waals surface area contributed by atoms with Crippen LogP contribution in [0.15, 0.2) is 36.9 Å². The van der Waals surface area contributed by atoms with Gasteiger partial charge in [-0.15, -0.1) is 0 Å².